The Balaban J connectivity index is 0.000000325. The summed E-state index contributed by atoms with van der Waals surface area (Å²) in [5.74, 6) is 20.3. The third-order valence-electron chi connectivity index (χ3n) is 36.5. The van der Waals surface area contributed by atoms with Crippen molar-refractivity contribution in [2.45, 2.75) is 548 Å². The van der Waals surface area contributed by atoms with Crippen LogP contribution in [0.15, 0.2) is 0 Å². The largest absolute Gasteiger partial charge is 0.0651 e. The lowest BCUT2D eigenvalue weighted by molar-refractivity contribution is 0.0202. The zero-order valence-corrected chi connectivity index (χ0v) is 88.3. The number of rotatable bonds is 4. The first-order valence-corrected chi connectivity index (χ1v) is 52.2. The second-order valence-corrected chi connectivity index (χ2v) is 56.1. The second kappa shape index (κ2) is 45.9. The summed E-state index contributed by atoms with van der Waals surface area (Å²) in [6, 6.07) is 0. The normalized spacial score (nSPS) is 35.3. The third kappa shape index (κ3) is 39.6. The molecule has 115 heavy (non-hydrogen) atoms. The van der Waals surface area contributed by atoms with E-state index in [2.05, 4.69) is 291 Å². The molecule has 14 aliphatic carbocycles. The Labute approximate surface area is 731 Å². The molecule has 4 bridgehead atoms. The molecule has 0 heteroatoms. The van der Waals surface area contributed by atoms with Crippen LogP contribution in [0.3, 0.4) is 0 Å². The Morgan fingerprint density at radius 3 is 0.948 bits per heavy atom. The van der Waals surface area contributed by atoms with Crippen molar-refractivity contribution < 1.29 is 0 Å². The van der Waals surface area contributed by atoms with Crippen LogP contribution in [-0.2, 0) is 0 Å². The lowest BCUT2D eigenvalue weighted by Gasteiger charge is -2.49. The van der Waals surface area contributed by atoms with Gasteiger partial charge in [0, 0.05) is 0 Å². The minimum Gasteiger partial charge on any atom is -0.0651 e. The summed E-state index contributed by atoms with van der Waals surface area (Å²) in [6.45, 7) is 101. The molecule has 0 aromatic carbocycles. The first-order chi connectivity index (χ1) is 52.2. The minimum absolute atomic E-state index is 0.547. The minimum atomic E-state index is 0.547. The smallest absolute Gasteiger partial charge is 0.0297 e. The molecule has 686 valence electrons. The lowest BCUT2D eigenvalue weighted by atomic mass is 9.56. The van der Waals surface area contributed by atoms with Gasteiger partial charge in [-0.3, -0.25) is 0 Å². The number of hydrogen-bond donors (Lipinski definition) is 0. The van der Waals surface area contributed by atoms with E-state index in [1.807, 2.05) is 0 Å². The summed E-state index contributed by atoms with van der Waals surface area (Å²) in [5.41, 5.74) is 7.78. The van der Waals surface area contributed by atoms with Crippen molar-refractivity contribution in [3.05, 3.63) is 0 Å². The van der Waals surface area contributed by atoms with Crippen molar-refractivity contribution in [1.29, 1.82) is 0 Å². The molecule has 8 unspecified atom stereocenters. The SMILES string of the molecule is CC(C)(C)C1CCC1.CC1(C)CC(C)(C)CC(C)(C)C1.CC1C(C)(C)CCCC1(C)C.CC1C2CCC(C2)[C@H]1C.CC1CC(C(C)C)C1.CC1CC(C)(C)CC(C)(C)C1.CC1CCC(C)(C)CC1.CC1CCCC(C)C1C.CCC(C)C1CCC1.CCC1CC(C)(C)CC(C)(C)C1.C[C@@H]1CCCCC1(C)C.C[C@H]1CC2CCC1(C)C2. The molecule has 0 aromatic heterocycles. The van der Waals surface area contributed by atoms with E-state index in [-0.39, 0.29) is 0 Å². The van der Waals surface area contributed by atoms with Crippen LogP contribution in [0.25, 0.3) is 0 Å². The predicted octanol–water partition coefficient (Wildman–Crippen LogP) is 39.6. The van der Waals surface area contributed by atoms with Gasteiger partial charge in [-0.15, -0.1) is 0 Å². The Morgan fingerprint density at radius 1 is 0.313 bits per heavy atom. The van der Waals surface area contributed by atoms with Crippen LogP contribution in [0.1, 0.15) is 548 Å². The van der Waals surface area contributed by atoms with E-state index in [0.717, 1.165) is 124 Å². The van der Waals surface area contributed by atoms with Crippen molar-refractivity contribution >= 4 is 0 Å². The maximum absolute atomic E-state index is 2.48. The van der Waals surface area contributed by atoms with Crippen LogP contribution in [0, 0.1) is 189 Å². The molecule has 0 spiro atoms. The molecule has 14 saturated carbocycles. The Hall–Kier alpha value is 0. The molecule has 0 aliphatic heterocycles. The van der Waals surface area contributed by atoms with Gasteiger partial charge in [-0.1, -0.05) is 387 Å². The van der Waals surface area contributed by atoms with Crippen LogP contribution >= 0.6 is 0 Å². The predicted molar refractivity (Wildman–Crippen MR) is 524 cm³/mol. The maximum atomic E-state index is 2.48. The van der Waals surface area contributed by atoms with E-state index in [1.54, 1.807) is 6.42 Å². The highest BCUT2D eigenvalue weighted by Gasteiger charge is 2.48. The third-order valence-corrected chi connectivity index (χ3v) is 36.5. The van der Waals surface area contributed by atoms with E-state index in [9.17, 15) is 0 Å². The van der Waals surface area contributed by atoms with Crippen LogP contribution in [0.5, 0.6) is 0 Å². The molecule has 0 saturated heterocycles. The lowest BCUT2D eigenvalue weighted by Crippen LogP contribution is -2.38. The molecule has 14 rings (SSSR count). The molecule has 0 aromatic rings. The standard InChI is InChI=1S/2C12H24.2C11H22.2C9H16.3C9H18.3C8H16/c1-10(2)7-11(3,4)9-12(5,6)8-10;1-6-10-7-11(2,3)9-12(4,5)8-10;1-9-6-10(2,3)8-11(4,5)7-9;1-9-10(2,3)7-6-8-11(9,4)5;1-7-5-8-3-4-9(7,2)6-8;1-6-7(2)9-4-3-8(6)5-9;1-8-4-6-9(2,3)7-5-8;1-8-6-4-5-7-9(8,2)3;1-7-5-4-6-8(2)9(7)3;1-6(2)8-4-7(3)5-8;1-8(2,3)7-5-4-6-7;1-3-7(2)8-5-4-6-8/h7-9H2,1-6H3;10H,6-9H2,1-5H3;2*9H,6-8H2,1-5H3;7-8H,3-6H2,1-2H3;6-9H,3-5H2,1-2H3;2*8H,4-7H2,1-3H3;7-9H,4-6H2,1-3H3;6-8H,4-5H2,1-3H3;7H,4-6H2,1-3H3;7-8H,3-6H2,1-2H3/t;;;;7-,8?,9?;6-,7?,8?,9?;;8-;;;;/m....00.1..../s1. The number of hydrogen-bond acceptors (Lipinski definition) is 0. The Bertz CT molecular complexity index is 2460. The van der Waals surface area contributed by atoms with E-state index < -0.39 is 0 Å². The summed E-state index contributed by atoms with van der Waals surface area (Å²) in [5, 5.41) is 0. The van der Waals surface area contributed by atoms with Crippen molar-refractivity contribution in [2.75, 3.05) is 0 Å². The highest BCUT2D eigenvalue weighted by Crippen LogP contribution is 2.59. The van der Waals surface area contributed by atoms with Crippen LogP contribution in [0.4, 0.5) is 0 Å². The van der Waals surface area contributed by atoms with Gasteiger partial charge in [-0.25, -0.2) is 0 Å². The van der Waals surface area contributed by atoms with Crippen molar-refractivity contribution in [1.82, 2.24) is 0 Å². The Kier molecular flexibility index (Phi) is 43.6. The Morgan fingerprint density at radius 2 is 0.722 bits per heavy atom. The van der Waals surface area contributed by atoms with Crippen LogP contribution in [-0.4, -0.2) is 0 Å². The zero-order chi connectivity index (χ0) is 88.3. The highest BCUT2D eigenvalue weighted by molar-refractivity contribution is 4.98. The van der Waals surface area contributed by atoms with Crippen molar-refractivity contribution in [3.8, 4) is 0 Å². The molecule has 14 fully saturated rings. The first kappa shape index (κ1) is 109. The summed E-state index contributed by atoms with van der Waals surface area (Å²) in [6.07, 6.45) is 58.2. The van der Waals surface area contributed by atoms with Gasteiger partial charge in [0.2, 0.25) is 0 Å². The fourth-order valence-corrected chi connectivity index (χ4v) is 28.2. The van der Waals surface area contributed by atoms with Gasteiger partial charge in [-0.2, -0.15) is 0 Å². The van der Waals surface area contributed by atoms with Gasteiger partial charge in [0.15, 0.2) is 0 Å². The monoisotopic (exact) mass is 1610 g/mol. The summed E-state index contributed by atoms with van der Waals surface area (Å²) >= 11 is 0. The van der Waals surface area contributed by atoms with E-state index in [0.29, 0.717) is 65.0 Å². The summed E-state index contributed by atoms with van der Waals surface area (Å²) in [7, 11) is 0. The first-order valence-electron chi connectivity index (χ1n) is 52.2. The van der Waals surface area contributed by atoms with E-state index in [4.69, 9.17) is 0 Å². The van der Waals surface area contributed by atoms with Crippen LogP contribution < -0.4 is 0 Å². The van der Waals surface area contributed by atoms with Crippen molar-refractivity contribution in [2.24, 2.45) is 189 Å². The van der Waals surface area contributed by atoms with Gasteiger partial charge in [0.05, 0.1) is 0 Å². The molecular formula is C115H226. The highest BCUT2D eigenvalue weighted by atomic mass is 14.5. The van der Waals surface area contributed by atoms with E-state index >= 15 is 0 Å². The molecule has 11 atom stereocenters. The molecule has 0 amide bonds. The van der Waals surface area contributed by atoms with Gasteiger partial charge in [-0.05, 0) is 349 Å². The van der Waals surface area contributed by atoms with Gasteiger partial charge >= 0.3 is 0 Å². The fourth-order valence-electron chi connectivity index (χ4n) is 28.2. The van der Waals surface area contributed by atoms with E-state index in [1.165, 1.54) is 250 Å². The molecular weight excluding hydrogens is 1380 g/mol. The average Bonchev–Trinajstić information content (AvgIpc) is 1.37. The average molecular weight is 1610 g/mol. The van der Waals surface area contributed by atoms with Gasteiger partial charge < -0.3 is 0 Å². The van der Waals surface area contributed by atoms with Gasteiger partial charge in [0.25, 0.3) is 0 Å². The van der Waals surface area contributed by atoms with Gasteiger partial charge in [0.1, 0.15) is 0 Å². The molecule has 0 radical (unpaired) electrons. The van der Waals surface area contributed by atoms with Crippen molar-refractivity contribution in [3.63, 3.8) is 0 Å². The number of fused-ring (bicyclic) bond motifs is 4. The fraction of sp³-hybridized carbons (Fsp3) is 1.00. The maximum Gasteiger partial charge on any atom is -0.0297 e. The molecule has 0 N–H and O–H groups in total. The summed E-state index contributed by atoms with van der Waals surface area (Å²) < 4.78 is 0. The molecule has 0 heterocycles. The molecule has 14 aliphatic rings. The second-order valence-electron chi connectivity index (χ2n) is 56.1. The topological polar surface area (TPSA) is 0 Å². The van der Waals surface area contributed by atoms with Crippen LogP contribution in [0.2, 0.25) is 0 Å². The zero-order valence-electron chi connectivity index (χ0n) is 88.3. The quantitative estimate of drug-likeness (QED) is 0.263. The summed E-state index contributed by atoms with van der Waals surface area (Å²) in [4.78, 5) is 0. The molecule has 0 nitrogen and oxygen atoms in total.